The molecule has 1 aliphatic rings. The number of carbonyl (C=O) groups excluding carboxylic acids is 2. The van der Waals surface area contributed by atoms with Crippen molar-refractivity contribution in [2.45, 2.75) is 38.8 Å². The standard InChI is InChI=1S/C17H21BrF2N2O3/c1-17(2,3)25-16(24)21(4)10-7-8-22(9-10)15(23)11-5-6-12(18)14(20)13(11)19/h5-6,10H,7-9H2,1-4H3/t10-/m0/s1. The summed E-state index contributed by atoms with van der Waals surface area (Å²) in [4.78, 5) is 27.4. The average Bonchev–Trinajstić information content (AvgIpc) is 2.99. The second kappa shape index (κ2) is 7.27. The SMILES string of the molecule is CN(C(=O)OC(C)(C)C)[C@H]1CCN(C(=O)c2ccc(Br)c(F)c2F)C1. The monoisotopic (exact) mass is 418 g/mol. The van der Waals surface area contributed by atoms with Crippen LogP contribution in [-0.4, -0.2) is 53.6 Å². The van der Waals surface area contributed by atoms with Crippen LogP contribution < -0.4 is 0 Å². The molecule has 1 atom stereocenters. The van der Waals surface area contributed by atoms with Crippen molar-refractivity contribution in [2.24, 2.45) is 0 Å². The Kier molecular flexibility index (Phi) is 5.71. The molecule has 0 aromatic heterocycles. The molecule has 1 saturated heterocycles. The fraction of sp³-hybridized carbons (Fsp3) is 0.529. The highest BCUT2D eigenvalue weighted by atomic mass is 79.9. The molecule has 0 radical (unpaired) electrons. The van der Waals surface area contributed by atoms with Gasteiger partial charge >= 0.3 is 6.09 Å². The maximum Gasteiger partial charge on any atom is 0.410 e. The first-order valence-electron chi connectivity index (χ1n) is 7.90. The summed E-state index contributed by atoms with van der Waals surface area (Å²) in [6, 6.07) is 2.31. The predicted molar refractivity (Wildman–Crippen MR) is 92.4 cm³/mol. The first kappa shape index (κ1) is 19.6. The van der Waals surface area contributed by atoms with E-state index in [-0.39, 0.29) is 22.6 Å². The van der Waals surface area contributed by atoms with E-state index < -0.39 is 29.2 Å². The fourth-order valence-corrected chi connectivity index (χ4v) is 2.89. The Hall–Kier alpha value is -1.70. The summed E-state index contributed by atoms with van der Waals surface area (Å²) in [6.45, 7) is 5.91. The molecule has 1 aliphatic heterocycles. The number of likely N-dealkylation sites (tertiary alicyclic amines) is 1. The molecule has 0 spiro atoms. The summed E-state index contributed by atoms with van der Waals surface area (Å²) in [7, 11) is 1.60. The van der Waals surface area contributed by atoms with Gasteiger partial charge in [-0.05, 0) is 55.3 Å². The summed E-state index contributed by atoms with van der Waals surface area (Å²) in [5, 5.41) is 0. The molecular weight excluding hydrogens is 398 g/mol. The third-order valence-electron chi connectivity index (χ3n) is 3.95. The van der Waals surface area contributed by atoms with Crippen LogP contribution in [0.4, 0.5) is 13.6 Å². The van der Waals surface area contributed by atoms with Crippen molar-refractivity contribution in [3.63, 3.8) is 0 Å². The molecule has 2 rings (SSSR count). The highest BCUT2D eigenvalue weighted by Gasteiger charge is 2.34. The van der Waals surface area contributed by atoms with E-state index in [1.165, 1.54) is 21.9 Å². The molecule has 5 nitrogen and oxygen atoms in total. The van der Waals surface area contributed by atoms with Gasteiger partial charge in [0.15, 0.2) is 11.6 Å². The molecule has 0 bridgehead atoms. The van der Waals surface area contributed by atoms with E-state index >= 15 is 0 Å². The highest BCUT2D eigenvalue weighted by molar-refractivity contribution is 9.10. The van der Waals surface area contributed by atoms with Crippen LogP contribution in [0.2, 0.25) is 0 Å². The zero-order valence-electron chi connectivity index (χ0n) is 14.6. The summed E-state index contributed by atoms with van der Waals surface area (Å²) >= 11 is 2.88. The number of ether oxygens (including phenoxy) is 1. The zero-order valence-corrected chi connectivity index (χ0v) is 16.2. The van der Waals surface area contributed by atoms with Crippen LogP contribution in [0.25, 0.3) is 0 Å². The molecule has 8 heteroatoms. The van der Waals surface area contributed by atoms with Crippen molar-refractivity contribution >= 4 is 27.9 Å². The number of hydrogen-bond acceptors (Lipinski definition) is 3. The van der Waals surface area contributed by atoms with Gasteiger partial charge in [0.05, 0.1) is 16.1 Å². The van der Waals surface area contributed by atoms with Crippen molar-refractivity contribution in [1.82, 2.24) is 9.80 Å². The maximum atomic E-state index is 14.0. The Morgan fingerprint density at radius 2 is 1.92 bits per heavy atom. The van der Waals surface area contributed by atoms with E-state index in [2.05, 4.69) is 15.9 Å². The minimum absolute atomic E-state index is 0.0366. The number of amides is 2. The second-order valence-electron chi connectivity index (χ2n) is 7.01. The normalized spacial score (nSPS) is 17.6. The van der Waals surface area contributed by atoms with Gasteiger partial charge in [-0.1, -0.05) is 0 Å². The lowest BCUT2D eigenvalue weighted by atomic mass is 10.2. The number of benzene rings is 1. The molecule has 2 amide bonds. The Labute approximate surface area is 154 Å². The first-order valence-corrected chi connectivity index (χ1v) is 8.69. The molecule has 0 unspecified atom stereocenters. The second-order valence-corrected chi connectivity index (χ2v) is 7.86. The van der Waals surface area contributed by atoms with Crippen LogP contribution in [0.1, 0.15) is 37.6 Å². The van der Waals surface area contributed by atoms with Crippen LogP contribution in [0.3, 0.4) is 0 Å². The fourth-order valence-electron chi connectivity index (χ4n) is 2.59. The molecule has 25 heavy (non-hydrogen) atoms. The smallest absolute Gasteiger partial charge is 0.410 e. The zero-order chi connectivity index (χ0) is 18.9. The van der Waals surface area contributed by atoms with Gasteiger partial charge < -0.3 is 14.5 Å². The highest BCUT2D eigenvalue weighted by Crippen LogP contribution is 2.24. The molecule has 0 saturated carbocycles. The average molecular weight is 419 g/mol. The number of nitrogens with zero attached hydrogens (tertiary/aromatic N) is 2. The third kappa shape index (κ3) is 4.48. The van der Waals surface area contributed by atoms with Gasteiger partial charge in [0.2, 0.25) is 0 Å². The number of likely N-dealkylation sites (N-methyl/N-ethyl adjacent to an activating group) is 1. The topological polar surface area (TPSA) is 49.9 Å². The van der Waals surface area contributed by atoms with Crippen molar-refractivity contribution in [3.8, 4) is 0 Å². The molecule has 0 aliphatic carbocycles. The molecule has 1 fully saturated rings. The van der Waals surface area contributed by atoms with Crippen molar-refractivity contribution < 1.29 is 23.1 Å². The molecule has 1 heterocycles. The van der Waals surface area contributed by atoms with Crippen LogP contribution in [-0.2, 0) is 4.74 Å². The molecule has 138 valence electrons. The molecule has 1 aromatic carbocycles. The van der Waals surface area contributed by atoms with Crippen LogP contribution in [0.5, 0.6) is 0 Å². The summed E-state index contributed by atoms with van der Waals surface area (Å²) in [5.41, 5.74) is -0.932. The van der Waals surface area contributed by atoms with Crippen LogP contribution >= 0.6 is 15.9 Å². The first-order chi connectivity index (χ1) is 11.5. The van der Waals surface area contributed by atoms with Gasteiger partial charge in [-0.25, -0.2) is 13.6 Å². The van der Waals surface area contributed by atoms with Crippen LogP contribution in [0, 0.1) is 11.6 Å². The van der Waals surface area contributed by atoms with Gasteiger partial charge in [0, 0.05) is 20.1 Å². The number of hydrogen-bond donors (Lipinski definition) is 0. The van der Waals surface area contributed by atoms with Gasteiger partial charge in [0.1, 0.15) is 5.60 Å². The lowest BCUT2D eigenvalue weighted by Crippen LogP contribution is -2.42. The van der Waals surface area contributed by atoms with Gasteiger partial charge in [-0.2, -0.15) is 0 Å². The van der Waals surface area contributed by atoms with E-state index in [1.54, 1.807) is 27.8 Å². The molecule has 1 aromatic rings. The summed E-state index contributed by atoms with van der Waals surface area (Å²) in [5.74, 6) is -2.86. The van der Waals surface area contributed by atoms with E-state index in [0.29, 0.717) is 13.0 Å². The van der Waals surface area contributed by atoms with Crippen molar-refractivity contribution in [3.05, 3.63) is 33.8 Å². The predicted octanol–water partition coefficient (Wildman–Crippen LogP) is 3.81. The minimum atomic E-state index is -1.18. The molecule has 0 N–H and O–H groups in total. The lowest BCUT2D eigenvalue weighted by molar-refractivity contribution is 0.0226. The Morgan fingerprint density at radius 1 is 1.28 bits per heavy atom. The largest absolute Gasteiger partial charge is 0.444 e. The van der Waals surface area contributed by atoms with E-state index in [0.717, 1.165) is 0 Å². The summed E-state index contributed by atoms with van der Waals surface area (Å²) in [6.07, 6.45) is 0.0647. The van der Waals surface area contributed by atoms with Gasteiger partial charge in [-0.15, -0.1) is 0 Å². The minimum Gasteiger partial charge on any atom is -0.444 e. The van der Waals surface area contributed by atoms with Crippen LogP contribution in [0.15, 0.2) is 16.6 Å². The third-order valence-corrected chi connectivity index (χ3v) is 4.56. The lowest BCUT2D eigenvalue weighted by Gasteiger charge is -2.28. The number of rotatable bonds is 2. The Bertz CT molecular complexity index is 691. The van der Waals surface area contributed by atoms with E-state index in [9.17, 15) is 18.4 Å². The van der Waals surface area contributed by atoms with Crippen molar-refractivity contribution in [1.29, 1.82) is 0 Å². The van der Waals surface area contributed by atoms with E-state index in [4.69, 9.17) is 4.74 Å². The van der Waals surface area contributed by atoms with Gasteiger partial charge in [0.25, 0.3) is 5.91 Å². The Balaban J connectivity index is 2.06. The number of carbonyl (C=O) groups is 2. The maximum absolute atomic E-state index is 14.0. The summed E-state index contributed by atoms with van der Waals surface area (Å²) < 4.78 is 32.9. The van der Waals surface area contributed by atoms with E-state index in [1.807, 2.05) is 0 Å². The Morgan fingerprint density at radius 3 is 2.52 bits per heavy atom. The van der Waals surface area contributed by atoms with Crippen molar-refractivity contribution in [2.75, 3.05) is 20.1 Å². The van der Waals surface area contributed by atoms with Gasteiger partial charge in [-0.3, -0.25) is 4.79 Å². The quantitative estimate of drug-likeness (QED) is 0.686. The number of halogens is 3. The molecular formula is C17H21BrF2N2O3.